The summed E-state index contributed by atoms with van der Waals surface area (Å²) >= 11 is 0. The van der Waals surface area contributed by atoms with Crippen LogP contribution in [0.4, 0.5) is 5.69 Å². The molecule has 0 spiro atoms. The van der Waals surface area contributed by atoms with Gasteiger partial charge < -0.3 is 5.32 Å². The molecule has 1 amide bonds. The summed E-state index contributed by atoms with van der Waals surface area (Å²) in [6, 6.07) is 17.0. The van der Waals surface area contributed by atoms with Crippen LogP contribution >= 0.6 is 0 Å². The van der Waals surface area contributed by atoms with Gasteiger partial charge in [0.25, 0.3) is 0 Å². The largest absolute Gasteiger partial charge is 0.347 e. The Hall–Kier alpha value is -2.34. The highest BCUT2D eigenvalue weighted by molar-refractivity contribution is 7.92. The van der Waals surface area contributed by atoms with Gasteiger partial charge in [-0.15, -0.1) is 0 Å². The van der Waals surface area contributed by atoms with E-state index in [1.807, 2.05) is 49.4 Å². The molecule has 1 fully saturated rings. The fraction of sp³-hybridized carbons (Fsp3) is 0.350. The van der Waals surface area contributed by atoms with Gasteiger partial charge >= 0.3 is 0 Å². The number of hydrogen-bond donors (Lipinski definition) is 1. The fourth-order valence-corrected chi connectivity index (χ4v) is 4.05. The van der Waals surface area contributed by atoms with Gasteiger partial charge in [0.15, 0.2) is 0 Å². The summed E-state index contributed by atoms with van der Waals surface area (Å²) in [5, 5.41) is 3.04. The standard InChI is InChI=1S/C20H24N2O3S/c1-15-8-6-7-11-18(15)22(26(2,24)25)14-19(23)21-20(17-12-13-17)16-9-4-3-5-10-16/h3-11,17,20H,12-14H2,1-2H3,(H,21,23). The van der Waals surface area contributed by atoms with E-state index in [9.17, 15) is 13.2 Å². The number of carbonyl (C=O) groups is 1. The van der Waals surface area contributed by atoms with Crippen molar-refractivity contribution in [3.05, 3.63) is 65.7 Å². The van der Waals surface area contributed by atoms with E-state index < -0.39 is 10.0 Å². The average Bonchev–Trinajstić information content (AvgIpc) is 3.43. The molecule has 1 N–H and O–H groups in total. The van der Waals surface area contributed by atoms with Gasteiger partial charge in [0, 0.05) is 0 Å². The van der Waals surface area contributed by atoms with Crippen molar-refractivity contribution in [3.63, 3.8) is 0 Å². The minimum Gasteiger partial charge on any atom is -0.347 e. The van der Waals surface area contributed by atoms with Crippen LogP contribution in [0.5, 0.6) is 0 Å². The van der Waals surface area contributed by atoms with Crippen LogP contribution < -0.4 is 9.62 Å². The minimum atomic E-state index is -3.57. The Balaban J connectivity index is 1.79. The van der Waals surface area contributed by atoms with Crippen molar-refractivity contribution in [2.24, 2.45) is 5.92 Å². The maximum Gasteiger partial charge on any atom is 0.241 e. The van der Waals surface area contributed by atoms with Crippen LogP contribution in [0.25, 0.3) is 0 Å². The molecule has 1 aliphatic carbocycles. The van der Waals surface area contributed by atoms with E-state index in [0.717, 1.165) is 30.2 Å². The van der Waals surface area contributed by atoms with Gasteiger partial charge in [0.2, 0.25) is 15.9 Å². The van der Waals surface area contributed by atoms with Crippen molar-refractivity contribution in [2.45, 2.75) is 25.8 Å². The monoisotopic (exact) mass is 372 g/mol. The molecule has 5 nitrogen and oxygen atoms in total. The van der Waals surface area contributed by atoms with E-state index in [-0.39, 0.29) is 18.5 Å². The Morgan fingerprint density at radius 3 is 2.31 bits per heavy atom. The van der Waals surface area contributed by atoms with Gasteiger partial charge in [-0.1, -0.05) is 48.5 Å². The molecular weight excluding hydrogens is 348 g/mol. The zero-order valence-electron chi connectivity index (χ0n) is 15.1. The molecule has 0 aliphatic heterocycles. The highest BCUT2D eigenvalue weighted by atomic mass is 32.2. The SMILES string of the molecule is Cc1ccccc1N(CC(=O)NC(c1ccccc1)C1CC1)S(C)(=O)=O. The van der Waals surface area contributed by atoms with Gasteiger partial charge in [-0.05, 0) is 42.9 Å². The molecular formula is C20H24N2O3S. The van der Waals surface area contributed by atoms with Crippen molar-refractivity contribution >= 4 is 21.6 Å². The molecule has 0 heterocycles. The van der Waals surface area contributed by atoms with E-state index >= 15 is 0 Å². The molecule has 6 heteroatoms. The van der Waals surface area contributed by atoms with E-state index in [1.54, 1.807) is 12.1 Å². The Morgan fingerprint density at radius 2 is 1.73 bits per heavy atom. The van der Waals surface area contributed by atoms with Gasteiger partial charge in [0.05, 0.1) is 18.0 Å². The van der Waals surface area contributed by atoms with Gasteiger partial charge in [-0.3, -0.25) is 9.10 Å². The summed E-state index contributed by atoms with van der Waals surface area (Å²) < 4.78 is 25.7. The lowest BCUT2D eigenvalue weighted by atomic mass is 10.0. The van der Waals surface area contributed by atoms with Crippen molar-refractivity contribution < 1.29 is 13.2 Å². The topological polar surface area (TPSA) is 66.5 Å². The van der Waals surface area contributed by atoms with Crippen LogP contribution in [-0.2, 0) is 14.8 Å². The molecule has 3 rings (SSSR count). The number of benzene rings is 2. The predicted octanol–water partition coefficient (Wildman–Crippen LogP) is 3.03. The molecule has 1 aliphatic rings. The summed E-state index contributed by atoms with van der Waals surface area (Å²) in [6.07, 6.45) is 3.28. The number of hydrogen-bond acceptors (Lipinski definition) is 3. The summed E-state index contributed by atoms with van der Waals surface area (Å²) in [5.74, 6) is 0.130. The van der Waals surface area contributed by atoms with Crippen LogP contribution in [0.15, 0.2) is 54.6 Å². The van der Waals surface area contributed by atoms with E-state index in [4.69, 9.17) is 0 Å². The lowest BCUT2D eigenvalue weighted by Crippen LogP contribution is -2.42. The van der Waals surface area contributed by atoms with E-state index in [2.05, 4.69) is 5.32 Å². The Morgan fingerprint density at radius 1 is 1.12 bits per heavy atom. The third-order valence-corrected chi connectivity index (χ3v) is 5.77. The third kappa shape index (κ3) is 4.43. The number of nitrogens with zero attached hydrogens (tertiary/aromatic N) is 1. The molecule has 0 radical (unpaired) electrons. The van der Waals surface area contributed by atoms with Crippen molar-refractivity contribution in [1.29, 1.82) is 0 Å². The molecule has 0 saturated heterocycles. The van der Waals surface area contributed by atoms with Crippen molar-refractivity contribution in [2.75, 3.05) is 17.1 Å². The maximum atomic E-state index is 12.7. The third-order valence-electron chi connectivity index (χ3n) is 4.64. The van der Waals surface area contributed by atoms with Crippen molar-refractivity contribution in [3.8, 4) is 0 Å². The Kier molecular flexibility index (Phi) is 5.32. The number of amides is 1. The predicted molar refractivity (Wildman–Crippen MR) is 103 cm³/mol. The molecule has 2 aromatic rings. The number of sulfonamides is 1. The number of anilines is 1. The van der Waals surface area contributed by atoms with Crippen molar-refractivity contribution in [1.82, 2.24) is 5.32 Å². The molecule has 26 heavy (non-hydrogen) atoms. The molecule has 0 aromatic heterocycles. The summed E-state index contributed by atoms with van der Waals surface area (Å²) in [5.41, 5.74) is 2.41. The van der Waals surface area contributed by atoms with Crippen LogP contribution in [0.1, 0.15) is 30.0 Å². The first-order valence-electron chi connectivity index (χ1n) is 8.74. The average molecular weight is 372 g/mol. The second-order valence-electron chi connectivity index (χ2n) is 6.85. The zero-order valence-corrected chi connectivity index (χ0v) is 15.9. The molecule has 2 aromatic carbocycles. The number of carbonyl (C=O) groups excluding carboxylic acids is 1. The maximum absolute atomic E-state index is 12.7. The van der Waals surface area contributed by atoms with Gasteiger partial charge in [-0.25, -0.2) is 8.42 Å². The molecule has 138 valence electrons. The van der Waals surface area contributed by atoms with Gasteiger partial charge in [-0.2, -0.15) is 0 Å². The highest BCUT2D eigenvalue weighted by Crippen LogP contribution is 2.40. The Labute approximate surface area is 155 Å². The van der Waals surface area contributed by atoms with Gasteiger partial charge in [0.1, 0.15) is 6.54 Å². The van der Waals surface area contributed by atoms with Crippen LogP contribution in [0.3, 0.4) is 0 Å². The lowest BCUT2D eigenvalue weighted by Gasteiger charge is -2.25. The highest BCUT2D eigenvalue weighted by Gasteiger charge is 2.34. The first-order chi connectivity index (χ1) is 12.4. The molecule has 1 atom stereocenters. The fourth-order valence-electron chi connectivity index (χ4n) is 3.14. The smallest absolute Gasteiger partial charge is 0.241 e. The normalized spacial score (nSPS) is 15.3. The summed E-state index contributed by atoms with van der Waals surface area (Å²) in [7, 11) is -3.57. The van der Waals surface area contributed by atoms with E-state index in [1.165, 1.54) is 4.31 Å². The second kappa shape index (κ2) is 7.50. The molecule has 0 bridgehead atoms. The minimum absolute atomic E-state index is 0.0676. The van der Waals surface area contributed by atoms with E-state index in [0.29, 0.717) is 11.6 Å². The molecule has 1 unspecified atom stereocenters. The quantitative estimate of drug-likeness (QED) is 0.812. The number of nitrogens with one attached hydrogen (secondary N) is 1. The second-order valence-corrected chi connectivity index (χ2v) is 8.76. The number of rotatable bonds is 7. The summed E-state index contributed by atoms with van der Waals surface area (Å²) in [4.78, 5) is 12.7. The molecule has 1 saturated carbocycles. The van der Waals surface area contributed by atoms with Crippen LogP contribution in [-0.4, -0.2) is 27.1 Å². The first-order valence-corrected chi connectivity index (χ1v) is 10.6. The Bertz CT molecular complexity index is 877. The number of aryl methyl sites for hydroxylation is 1. The lowest BCUT2D eigenvalue weighted by molar-refractivity contribution is -0.120. The van der Waals surface area contributed by atoms with Crippen LogP contribution in [0.2, 0.25) is 0 Å². The number of para-hydroxylation sites is 1. The van der Waals surface area contributed by atoms with Crippen LogP contribution in [0, 0.1) is 12.8 Å². The first kappa shape index (κ1) is 18.5. The summed E-state index contributed by atoms with van der Waals surface area (Å²) in [6.45, 7) is 1.61. The zero-order chi connectivity index (χ0) is 18.7.